The van der Waals surface area contributed by atoms with Crippen LogP contribution in [0, 0.1) is 12.8 Å². The monoisotopic (exact) mass is 454 g/mol. The van der Waals surface area contributed by atoms with Crippen LogP contribution in [0.2, 0.25) is 0 Å². The molecule has 0 spiro atoms. The summed E-state index contributed by atoms with van der Waals surface area (Å²) in [5, 5.41) is 2.70. The Labute approximate surface area is 173 Å². The molecule has 154 valence electrons. The van der Waals surface area contributed by atoms with Crippen molar-refractivity contribution in [1.82, 2.24) is 10.2 Å². The second-order valence-corrected chi connectivity index (χ2v) is 8.12. The molecule has 1 fully saturated rings. The first-order chi connectivity index (χ1) is 13.3. The maximum absolute atomic E-state index is 12.7. The third-order valence-corrected chi connectivity index (χ3v) is 4.95. The van der Waals surface area contributed by atoms with E-state index in [2.05, 4.69) is 21.2 Å². The van der Waals surface area contributed by atoms with Gasteiger partial charge in [0.1, 0.15) is 11.8 Å². The molecule has 1 heterocycles. The Morgan fingerprint density at radius 3 is 2.79 bits per heavy atom. The zero-order valence-corrected chi connectivity index (χ0v) is 18.1. The summed E-state index contributed by atoms with van der Waals surface area (Å²) in [6.07, 6.45) is 0.596. The molecule has 0 aliphatic carbocycles. The summed E-state index contributed by atoms with van der Waals surface area (Å²) < 4.78 is 11.7. The minimum atomic E-state index is -0.873. The number of benzene rings is 1. The predicted molar refractivity (Wildman–Crippen MR) is 108 cm³/mol. The van der Waals surface area contributed by atoms with Crippen LogP contribution in [0.4, 0.5) is 0 Å². The Bertz CT molecular complexity index is 723. The SMILES string of the molecule is Cc1cc(Br)ccc1OCC(=O)N1CCNC(=O)C1CC(=O)OCCC(C)C. The Morgan fingerprint density at radius 1 is 1.36 bits per heavy atom. The predicted octanol–water partition coefficient (Wildman–Crippen LogP) is 2.44. The van der Waals surface area contributed by atoms with Crippen LogP contribution in [0.3, 0.4) is 0 Å². The molecule has 8 heteroatoms. The van der Waals surface area contributed by atoms with Gasteiger partial charge in [-0.25, -0.2) is 0 Å². The molecule has 1 aromatic rings. The van der Waals surface area contributed by atoms with Gasteiger partial charge in [0.2, 0.25) is 5.91 Å². The number of carbonyl (C=O) groups excluding carboxylic acids is 3. The van der Waals surface area contributed by atoms with Gasteiger partial charge in [-0.05, 0) is 43.0 Å². The molecule has 0 radical (unpaired) electrons. The average Bonchev–Trinajstić information content (AvgIpc) is 2.62. The van der Waals surface area contributed by atoms with Crippen molar-refractivity contribution in [1.29, 1.82) is 0 Å². The molecule has 1 N–H and O–H groups in total. The maximum atomic E-state index is 12.7. The number of esters is 1. The standard InChI is InChI=1S/C20H27BrN2O5/c1-13(2)6-9-27-19(25)11-16-20(26)22-7-8-23(16)18(24)12-28-17-5-4-15(21)10-14(17)3/h4-5,10,13,16H,6-9,11-12H2,1-3H3,(H,22,26). The summed E-state index contributed by atoms with van der Waals surface area (Å²) in [6.45, 7) is 6.75. The number of nitrogens with one attached hydrogen (secondary N) is 1. The number of hydrogen-bond donors (Lipinski definition) is 1. The van der Waals surface area contributed by atoms with Crippen LogP contribution in [0.15, 0.2) is 22.7 Å². The number of aryl methyl sites for hydroxylation is 1. The van der Waals surface area contributed by atoms with Gasteiger partial charge in [0.25, 0.3) is 5.91 Å². The van der Waals surface area contributed by atoms with Crippen molar-refractivity contribution < 1.29 is 23.9 Å². The van der Waals surface area contributed by atoms with E-state index >= 15 is 0 Å². The molecule has 1 atom stereocenters. The topological polar surface area (TPSA) is 84.9 Å². The number of nitrogens with zero attached hydrogens (tertiary/aromatic N) is 1. The van der Waals surface area contributed by atoms with Crippen LogP contribution in [0.25, 0.3) is 0 Å². The number of rotatable bonds is 8. The van der Waals surface area contributed by atoms with Crippen LogP contribution in [0.1, 0.15) is 32.3 Å². The number of amides is 2. The van der Waals surface area contributed by atoms with Crippen LogP contribution in [0.5, 0.6) is 5.75 Å². The third kappa shape index (κ3) is 6.51. The van der Waals surface area contributed by atoms with E-state index in [-0.39, 0.29) is 24.8 Å². The first-order valence-electron chi connectivity index (χ1n) is 9.39. The molecule has 1 saturated heterocycles. The van der Waals surface area contributed by atoms with Crippen molar-refractivity contribution >= 4 is 33.7 Å². The van der Waals surface area contributed by atoms with Gasteiger partial charge in [-0.3, -0.25) is 14.4 Å². The highest BCUT2D eigenvalue weighted by molar-refractivity contribution is 9.10. The van der Waals surface area contributed by atoms with Crippen molar-refractivity contribution in [2.45, 2.75) is 39.7 Å². The molecule has 0 aromatic heterocycles. The van der Waals surface area contributed by atoms with Gasteiger partial charge in [-0.15, -0.1) is 0 Å². The molecule has 1 aromatic carbocycles. The largest absolute Gasteiger partial charge is 0.483 e. The molecule has 7 nitrogen and oxygen atoms in total. The smallest absolute Gasteiger partial charge is 0.308 e. The van der Waals surface area contributed by atoms with Gasteiger partial charge in [-0.1, -0.05) is 29.8 Å². The Balaban J connectivity index is 1.95. The van der Waals surface area contributed by atoms with Crippen molar-refractivity contribution in [3.63, 3.8) is 0 Å². The van der Waals surface area contributed by atoms with Crippen molar-refractivity contribution in [2.75, 3.05) is 26.3 Å². The van der Waals surface area contributed by atoms with E-state index in [1.165, 1.54) is 4.90 Å². The van der Waals surface area contributed by atoms with Gasteiger partial charge in [0.05, 0.1) is 13.0 Å². The molecule has 1 aliphatic heterocycles. The first-order valence-corrected chi connectivity index (χ1v) is 10.2. The van der Waals surface area contributed by atoms with E-state index in [1.54, 1.807) is 6.07 Å². The number of halogens is 1. The summed E-state index contributed by atoms with van der Waals surface area (Å²) in [6, 6.07) is 4.63. The van der Waals surface area contributed by atoms with E-state index < -0.39 is 12.0 Å². The highest BCUT2D eigenvalue weighted by Gasteiger charge is 2.35. The highest BCUT2D eigenvalue weighted by atomic mass is 79.9. The summed E-state index contributed by atoms with van der Waals surface area (Å²) in [5.41, 5.74) is 0.892. The number of ether oxygens (including phenoxy) is 2. The van der Waals surface area contributed by atoms with Crippen molar-refractivity contribution in [2.24, 2.45) is 5.92 Å². The second kappa shape index (κ2) is 10.5. The molecule has 0 saturated carbocycles. The number of piperazine rings is 1. The van der Waals surface area contributed by atoms with Crippen LogP contribution >= 0.6 is 15.9 Å². The lowest BCUT2D eigenvalue weighted by Gasteiger charge is -2.34. The highest BCUT2D eigenvalue weighted by Crippen LogP contribution is 2.22. The molecular formula is C20H27BrN2O5. The van der Waals surface area contributed by atoms with Gasteiger partial charge in [-0.2, -0.15) is 0 Å². The maximum Gasteiger partial charge on any atom is 0.308 e. The van der Waals surface area contributed by atoms with E-state index in [4.69, 9.17) is 9.47 Å². The van der Waals surface area contributed by atoms with Gasteiger partial charge < -0.3 is 19.7 Å². The summed E-state index contributed by atoms with van der Waals surface area (Å²) in [7, 11) is 0. The molecule has 1 aliphatic rings. The van der Waals surface area contributed by atoms with Gasteiger partial charge >= 0.3 is 5.97 Å². The summed E-state index contributed by atoms with van der Waals surface area (Å²) in [5.74, 6) is -0.145. The van der Waals surface area contributed by atoms with E-state index in [0.717, 1.165) is 16.5 Å². The number of carbonyl (C=O) groups is 3. The third-order valence-electron chi connectivity index (χ3n) is 4.46. The molecule has 2 rings (SSSR count). The Morgan fingerprint density at radius 2 is 2.11 bits per heavy atom. The molecular weight excluding hydrogens is 428 g/mol. The quantitative estimate of drug-likeness (QED) is 0.609. The van der Waals surface area contributed by atoms with Crippen molar-refractivity contribution in [3.8, 4) is 5.75 Å². The normalized spacial score (nSPS) is 16.7. The Hall–Kier alpha value is -2.09. The fourth-order valence-electron chi connectivity index (χ4n) is 2.84. The van der Waals surface area contributed by atoms with Crippen molar-refractivity contribution in [3.05, 3.63) is 28.2 Å². The van der Waals surface area contributed by atoms with E-state index in [0.29, 0.717) is 31.4 Å². The summed E-state index contributed by atoms with van der Waals surface area (Å²) >= 11 is 3.38. The fraction of sp³-hybridized carbons (Fsp3) is 0.550. The molecule has 1 unspecified atom stereocenters. The molecule has 2 amide bonds. The number of hydrogen-bond acceptors (Lipinski definition) is 5. The van der Waals surface area contributed by atoms with Crippen LogP contribution in [-0.4, -0.2) is 55.0 Å². The average molecular weight is 455 g/mol. The van der Waals surface area contributed by atoms with Gasteiger partial charge in [0.15, 0.2) is 6.61 Å². The lowest BCUT2D eigenvalue weighted by Crippen LogP contribution is -2.58. The van der Waals surface area contributed by atoms with E-state index in [9.17, 15) is 14.4 Å². The zero-order chi connectivity index (χ0) is 20.7. The minimum absolute atomic E-state index is 0.160. The van der Waals surface area contributed by atoms with E-state index in [1.807, 2.05) is 32.9 Å². The lowest BCUT2D eigenvalue weighted by molar-refractivity contribution is -0.152. The first kappa shape index (κ1) is 22.2. The Kier molecular flexibility index (Phi) is 8.29. The fourth-order valence-corrected chi connectivity index (χ4v) is 3.31. The second-order valence-electron chi connectivity index (χ2n) is 7.20. The zero-order valence-electron chi connectivity index (χ0n) is 16.5. The molecule has 0 bridgehead atoms. The summed E-state index contributed by atoms with van der Waals surface area (Å²) in [4.78, 5) is 38.4. The van der Waals surface area contributed by atoms with Crippen LogP contribution < -0.4 is 10.1 Å². The molecule has 28 heavy (non-hydrogen) atoms. The van der Waals surface area contributed by atoms with Gasteiger partial charge in [0, 0.05) is 17.6 Å². The minimum Gasteiger partial charge on any atom is -0.483 e. The van der Waals surface area contributed by atoms with Crippen LogP contribution in [-0.2, 0) is 19.1 Å². The lowest BCUT2D eigenvalue weighted by atomic mass is 10.1.